The molecule has 0 saturated carbocycles. The molecule has 0 bridgehead atoms. The molecular weight excluding hydrogens is 540 g/mol. The van der Waals surface area contributed by atoms with Crippen molar-refractivity contribution in [3.8, 4) is 0 Å². The number of hydrogen-bond donors (Lipinski definition) is 2. The average Bonchev–Trinajstić information content (AvgIpc) is 3.56. The molecule has 4 rings (SSSR count). The largest absolute Gasteiger partial charge is 0.490 e. The standard InChI is InChI=1S/C16H21N3OS2.2C2HF3O2/c1-2-6-18(5-1)16-17-14(12-22-16)15-11-20-8-7-19(15)10-13-4-3-9-21-13;2*3-2(4,5)1(6)7/h3-4,9,12,15H,1-2,5-8,10-11H2;2*(H,6,7). The third-order valence-electron chi connectivity index (χ3n) is 4.89. The number of aromatic nitrogens is 1. The lowest BCUT2D eigenvalue weighted by molar-refractivity contribution is -0.193. The van der Waals surface area contributed by atoms with Gasteiger partial charge >= 0.3 is 24.3 Å². The smallest absolute Gasteiger partial charge is 0.475 e. The number of hydrogen-bond acceptors (Lipinski definition) is 8. The van der Waals surface area contributed by atoms with Crippen molar-refractivity contribution in [1.82, 2.24) is 9.88 Å². The first kappa shape index (κ1) is 29.8. The molecule has 0 aromatic carbocycles. The second-order valence-corrected chi connectivity index (χ2v) is 9.36. The van der Waals surface area contributed by atoms with Gasteiger partial charge in [0.1, 0.15) is 0 Å². The summed E-state index contributed by atoms with van der Waals surface area (Å²) in [6.45, 7) is 5.89. The molecule has 1 atom stereocenters. The van der Waals surface area contributed by atoms with Crippen LogP contribution in [0.25, 0.3) is 0 Å². The van der Waals surface area contributed by atoms with Gasteiger partial charge in [0.15, 0.2) is 5.13 Å². The first-order valence-electron chi connectivity index (χ1n) is 10.4. The second kappa shape index (κ2) is 13.2. The van der Waals surface area contributed by atoms with Crippen LogP contribution in [-0.4, -0.2) is 77.2 Å². The highest BCUT2D eigenvalue weighted by Gasteiger charge is 2.39. The molecule has 2 aliphatic rings. The van der Waals surface area contributed by atoms with Gasteiger partial charge in [-0.1, -0.05) is 6.07 Å². The molecule has 2 fully saturated rings. The van der Waals surface area contributed by atoms with Crippen molar-refractivity contribution in [3.63, 3.8) is 0 Å². The Morgan fingerprint density at radius 2 is 1.61 bits per heavy atom. The highest BCUT2D eigenvalue weighted by molar-refractivity contribution is 7.13. The summed E-state index contributed by atoms with van der Waals surface area (Å²) in [5, 5.41) is 19.8. The van der Waals surface area contributed by atoms with Crippen LogP contribution in [0.4, 0.5) is 31.5 Å². The molecule has 0 amide bonds. The number of rotatable bonds is 4. The Morgan fingerprint density at radius 1 is 1.03 bits per heavy atom. The minimum atomic E-state index is -5.08. The molecule has 8 nitrogen and oxygen atoms in total. The molecule has 1 unspecified atom stereocenters. The number of alkyl halides is 6. The summed E-state index contributed by atoms with van der Waals surface area (Å²) in [4.78, 5) is 29.1. The van der Waals surface area contributed by atoms with Gasteiger partial charge in [-0.15, -0.1) is 22.7 Å². The van der Waals surface area contributed by atoms with Crippen molar-refractivity contribution in [2.75, 3.05) is 37.7 Å². The normalized spacial score (nSPS) is 18.6. The third-order valence-corrected chi connectivity index (χ3v) is 6.67. The van der Waals surface area contributed by atoms with Crippen molar-refractivity contribution in [1.29, 1.82) is 0 Å². The van der Waals surface area contributed by atoms with E-state index in [1.54, 1.807) is 11.3 Å². The maximum Gasteiger partial charge on any atom is 0.490 e. The molecule has 2 N–H and O–H groups in total. The number of morpholine rings is 1. The summed E-state index contributed by atoms with van der Waals surface area (Å²) in [6, 6.07) is 4.64. The molecule has 2 aromatic rings. The zero-order valence-electron chi connectivity index (χ0n) is 18.6. The van der Waals surface area contributed by atoms with Gasteiger partial charge in [0.05, 0.1) is 24.9 Å². The number of carbonyl (C=O) groups is 2. The van der Waals surface area contributed by atoms with Gasteiger partial charge in [-0.2, -0.15) is 26.3 Å². The number of nitrogens with zero attached hydrogens (tertiary/aromatic N) is 3. The molecule has 36 heavy (non-hydrogen) atoms. The van der Waals surface area contributed by atoms with Crippen LogP contribution in [0, 0.1) is 0 Å². The number of anilines is 1. The van der Waals surface area contributed by atoms with Crippen molar-refractivity contribution in [3.05, 3.63) is 33.5 Å². The van der Waals surface area contributed by atoms with E-state index in [0.29, 0.717) is 6.04 Å². The fourth-order valence-corrected chi connectivity index (χ4v) is 4.84. The van der Waals surface area contributed by atoms with Gasteiger partial charge in [-0.05, 0) is 24.3 Å². The van der Waals surface area contributed by atoms with Gasteiger partial charge < -0.3 is 19.8 Å². The van der Waals surface area contributed by atoms with E-state index in [0.717, 1.165) is 39.4 Å². The van der Waals surface area contributed by atoms with Crippen LogP contribution < -0.4 is 4.90 Å². The lowest BCUT2D eigenvalue weighted by atomic mass is 10.1. The fourth-order valence-electron chi connectivity index (χ4n) is 3.19. The zero-order valence-corrected chi connectivity index (χ0v) is 20.2. The minimum Gasteiger partial charge on any atom is -0.475 e. The monoisotopic (exact) mass is 563 g/mol. The molecule has 0 radical (unpaired) electrons. The van der Waals surface area contributed by atoms with Crippen LogP contribution in [0.5, 0.6) is 0 Å². The Labute approximate surface area is 209 Å². The summed E-state index contributed by atoms with van der Waals surface area (Å²) in [5.74, 6) is -5.51. The third kappa shape index (κ3) is 9.55. The minimum absolute atomic E-state index is 0.295. The second-order valence-electron chi connectivity index (χ2n) is 7.50. The Kier molecular flexibility index (Phi) is 10.9. The predicted octanol–water partition coefficient (Wildman–Crippen LogP) is 4.64. The molecular formula is C20H23F6N3O5S2. The van der Waals surface area contributed by atoms with E-state index in [2.05, 4.69) is 32.7 Å². The number of thiophene rings is 1. The summed E-state index contributed by atoms with van der Waals surface area (Å²) in [6.07, 6.45) is -7.57. The Bertz CT molecular complexity index is 938. The zero-order chi connectivity index (χ0) is 26.9. The lowest BCUT2D eigenvalue weighted by Gasteiger charge is -2.34. The van der Waals surface area contributed by atoms with Crippen molar-refractivity contribution in [2.24, 2.45) is 0 Å². The fraction of sp³-hybridized carbons (Fsp3) is 0.550. The predicted molar refractivity (Wildman–Crippen MR) is 119 cm³/mol. The van der Waals surface area contributed by atoms with Crippen LogP contribution in [0.1, 0.15) is 29.5 Å². The topological polar surface area (TPSA) is 103 Å². The van der Waals surface area contributed by atoms with Crippen LogP contribution in [0.3, 0.4) is 0 Å². The Balaban J connectivity index is 0.000000271. The summed E-state index contributed by atoms with van der Waals surface area (Å²) in [7, 11) is 0. The Morgan fingerprint density at radius 3 is 2.11 bits per heavy atom. The van der Waals surface area contributed by atoms with E-state index >= 15 is 0 Å². The summed E-state index contributed by atoms with van der Waals surface area (Å²) in [5.41, 5.74) is 1.18. The first-order chi connectivity index (χ1) is 16.8. The van der Waals surface area contributed by atoms with Crippen molar-refractivity contribution >= 4 is 39.7 Å². The number of thiazole rings is 1. The van der Waals surface area contributed by atoms with Crippen molar-refractivity contribution in [2.45, 2.75) is 37.8 Å². The lowest BCUT2D eigenvalue weighted by Crippen LogP contribution is -2.39. The maximum absolute atomic E-state index is 10.6. The highest BCUT2D eigenvalue weighted by atomic mass is 32.1. The van der Waals surface area contributed by atoms with E-state index < -0.39 is 24.3 Å². The van der Waals surface area contributed by atoms with E-state index in [4.69, 9.17) is 29.5 Å². The van der Waals surface area contributed by atoms with Gasteiger partial charge in [0.2, 0.25) is 0 Å². The SMILES string of the molecule is O=C(O)C(F)(F)F.O=C(O)C(F)(F)F.c1csc(CN2CCOCC2c2csc(N3CCCC3)n2)c1. The van der Waals surface area contributed by atoms with E-state index in [-0.39, 0.29) is 0 Å². The van der Waals surface area contributed by atoms with E-state index in [1.807, 2.05) is 11.3 Å². The number of carboxylic acids is 2. The number of ether oxygens (including phenoxy) is 1. The van der Waals surface area contributed by atoms with E-state index in [1.165, 1.54) is 28.5 Å². The van der Waals surface area contributed by atoms with Crippen molar-refractivity contribution < 1.29 is 50.9 Å². The first-order valence-corrected chi connectivity index (χ1v) is 12.2. The molecule has 0 aliphatic carbocycles. The summed E-state index contributed by atoms with van der Waals surface area (Å²) < 4.78 is 69.2. The molecule has 16 heteroatoms. The quantitative estimate of drug-likeness (QED) is 0.519. The van der Waals surface area contributed by atoms with Crippen LogP contribution >= 0.6 is 22.7 Å². The van der Waals surface area contributed by atoms with Crippen LogP contribution in [0.2, 0.25) is 0 Å². The molecule has 2 aliphatic heterocycles. The molecule has 4 heterocycles. The number of halogens is 6. The van der Waals surface area contributed by atoms with Gasteiger partial charge in [0, 0.05) is 36.4 Å². The maximum atomic E-state index is 10.6. The molecule has 2 aromatic heterocycles. The number of aliphatic carboxylic acids is 2. The summed E-state index contributed by atoms with van der Waals surface area (Å²) >= 11 is 3.62. The van der Waals surface area contributed by atoms with Crippen LogP contribution in [0.15, 0.2) is 22.9 Å². The molecule has 202 valence electrons. The number of carboxylic acid groups (broad SMARTS) is 2. The molecule has 0 spiro atoms. The van der Waals surface area contributed by atoms with Gasteiger partial charge in [-0.3, -0.25) is 4.90 Å². The van der Waals surface area contributed by atoms with Gasteiger partial charge in [-0.25, -0.2) is 14.6 Å². The van der Waals surface area contributed by atoms with E-state index in [9.17, 15) is 26.3 Å². The van der Waals surface area contributed by atoms with Gasteiger partial charge in [0.25, 0.3) is 0 Å². The average molecular weight is 564 g/mol. The Hall–Kier alpha value is -2.43. The van der Waals surface area contributed by atoms with Crippen LogP contribution in [-0.2, 0) is 20.9 Å². The molecule has 2 saturated heterocycles. The highest BCUT2D eigenvalue weighted by Crippen LogP contribution is 2.32.